The largest absolute Gasteiger partial charge is 0.493 e. The molecule has 2 amide bonds. The first-order chi connectivity index (χ1) is 42.3. The molecule has 88 heavy (non-hydrogen) atoms. The van der Waals surface area contributed by atoms with Gasteiger partial charge < -0.3 is 29.1 Å². The fourth-order valence-electron chi connectivity index (χ4n) is 12.8. The van der Waals surface area contributed by atoms with Gasteiger partial charge in [-0.1, -0.05) is 53.3 Å². The van der Waals surface area contributed by atoms with Gasteiger partial charge in [0.1, 0.15) is 52.3 Å². The quantitative estimate of drug-likeness (QED) is 0.103. The second-order valence-corrected chi connectivity index (χ2v) is 23.9. The molecule has 4 aliphatic rings. The Balaban J connectivity index is 0.902. The summed E-state index contributed by atoms with van der Waals surface area (Å²) in [5.41, 5.74) is -0.0463. The van der Waals surface area contributed by atoms with Crippen molar-refractivity contribution in [3.8, 4) is 45.4 Å². The van der Waals surface area contributed by atoms with Crippen molar-refractivity contribution in [3.05, 3.63) is 165 Å². The number of halogens is 4. The van der Waals surface area contributed by atoms with E-state index < -0.39 is 58.0 Å². The van der Waals surface area contributed by atoms with Crippen LogP contribution in [-0.2, 0) is 22.4 Å². The van der Waals surface area contributed by atoms with Crippen LogP contribution in [0.3, 0.4) is 0 Å². The van der Waals surface area contributed by atoms with Crippen LogP contribution in [0, 0.1) is 23.3 Å². The van der Waals surface area contributed by atoms with Gasteiger partial charge in [-0.2, -0.15) is 9.97 Å². The highest BCUT2D eigenvalue weighted by Crippen LogP contribution is 2.42. The number of rotatable bonds is 8. The number of fused-ring (bicyclic) bond motifs is 10. The number of anilines is 2. The summed E-state index contributed by atoms with van der Waals surface area (Å²) in [4.78, 5) is 92.8. The van der Waals surface area contributed by atoms with Crippen molar-refractivity contribution < 1.29 is 36.6 Å². The van der Waals surface area contributed by atoms with Crippen molar-refractivity contribution in [3.63, 3.8) is 0 Å². The maximum absolute atomic E-state index is 17.2. The van der Waals surface area contributed by atoms with E-state index in [1.165, 1.54) is 57.7 Å². The minimum atomic E-state index is -0.946. The summed E-state index contributed by atoms with van der Waals surface area (Å²) in [5, 5.41) is 0.364. The number of aromatic nitrogens is 8. The van der Waals surface area contributed by atoms with E-state index in [1.807, 2.05) is 64.3 Å². The lowest BCUT2D eigenvalue weighted by atomic mass is 9.97. The molecule has 0 spiro atoms. The Kier molecular flexibility index (Phi) is 15.7. The van der Waals surface area contributed by atoms with Crippen LogP contribution < -0.4 is 30.7 Å². The Morgan fingerprint density at radius 2 is 1.30 bits per heavy atom. The monoisotopic (exact) mass is 1200 g/mol. The van der Waals surface area contributed by atoms with Gasteiger partial charge in [0.15, 0.2) is 22.9 Å². The van der Waals surface area contributed by atoms with Gasteiger partial charge in [0, 0.05) is 63.8 Å². The van der Waals surface area contributed by atoms with Crippen molar-refractivity contribution in [2.45, 2.75) is 110 Å². The summed E-state index contributed by atoms with van der Waals surface area (Å²) in [5.74, 6) is -4.10. The SMILES string of the molecule is C=CC(=O)N1CCN(c2nc(=O)n3c4nc(c(F)cc24)-c2c(F)cccc2OC(/C=C/C(=O)N2CCN(c4nc(=O)n5c6nc(c(F)cc46)-c4c(F)cccc4OCCCc4ccnc(C(C)C)c4-5)C[C@@H]2CC)CCc2ccnc(C(C)C)c2-3)C(C)(C)C1. The van der Waals surface area contributed by atoms with Gasteiger partial charge in [-0.15, -0.1) is 0 Å². The zero-order chi connectivity index (χ0) is 62.0. The molecule has 2 saturated heterocycles. The number of pyridine rings is 4. The van der Waals surface area contributed by atoms with E-state index in [4.69, 9.17) is 29.4 Å². The summed E-state index contributed by atoms with van der Waals surface area (Å²) in [7, 11) is 0. The number of carbonyl (C=O) groups excluding carboxylic acids is 2. The van der Waals surface area contributed by atoms with Crippen molar-refractivity contribution in [2.75, 3.05) is 55.7 Å². The van der Waals surface area contributed by atoms with Crippen LogP contribution >= 0.6 is 0 Å². The predicted molar refractivity (Wildman–Crippen MR) is 327 cm³/mol. The topological polar surface area (TPSA) is 187 Å². The minimum Gasteiger partial charge on any atom is -0.493 e. The van der Waals surface area contributed by atoms with E-state index in [2.05, 4.69) is 16.5 Å². The van der Waals surface area contributed by atoms with Gasteiger partial charge in [-0.25, -0.2) is 46.3 Å². The molecule has 0 saturated carbocycles. The van der Waals surface area contributed by atoms with E-state index >= 15 is 17.6 Å². The number of nitrogens with zero attached hydrogens (tertiary/aromatic N) is 12. The third-order valence-corrected chi connectivity index (χ3v) is 17.1. The van der Waals surface area contributed by atoms with Crippen LogP contribution in [-0.4, -0.2) is 124 Å². The average Bonchev–Trinajstić information content (AvgIpc) is 0.773. The number of ether oxygens (including phenoxy) is 2. The average molecular weight is 1200 g/mol. The second-order valence-electron chi connectivity index (χ2n) is 23.9. The molecule has 2 atom stereocenters. The van der Waals surface area contributed by atoms with Gasteiger partial charge in [-0.05, 0) is 130 Å². The van der Waals surface area contributed by atoms with Crippen molar-refractivity contribution >= 4 is 45.5 Å². The minimum absolute atomic E-state index is 0.00935. The molecule has 2 aromatic carbocycles. The normalized spacial score (nSPS) is 17.6. The lowest BCUT2D eigenvalue weighted by Crippen LogP contribution is -2.61. The van der Waals surface area contributed by atoms with Crippen LogP contribution in [0.25, 0.3) is 56.0 Å². The van der Waals surface area contributed by atoms with Gasteiger partial charge in [-0.3, -0.25) is 19.6 Å². The summed E-state index contributed by atoms with van der Waals surface area (Å²) in [6.45, 7) is 18.5. The standard InChI is InChI=1S/C66H66F4N12O6/c1-9-40-34-77(60-42-32-46(69)56-52-44(67)15-11-17-48(52)87-31-13-14-38-23-25-71-54(36(3)4)58(38)81(62(42)73-56)64(85)75-60)27-29-79(40)51(84)22-21-41-20-19-39-24-26-72-55(37(5)6)59(39)82-63-43(33-47(70)57(74-63)53-45(68)16-12-18-49(53)88-41)61(76-65(82)86)80-30-28-78(50(83)10-2)35-66(80,7)8/h10-12,15-18,21-26,32-33,36-37,40-41H,2,9,13-14,19-20,27-31,34-35H2,1,3-8H3/b22-21+/t40-,41?/m0/s1. The van der Waals surface area contributed by atoms with Crippen molar-refractivity contribution in [1.29, 1.82) is 0 Å². The van der Waals surface area contributed by atoms with E-state index in [-0.39, 0.29) is 144 Å². The molecule has 8 aromatic rings. The van der Waals surface area contributed by atoms with Crippen molar-refractivity contribution in [2.24, 2.45) is 0 Å². The first-order valence-corrected chi connectivity index (χ1v) is 29.8. The molecule has 0 N–H and O–H groups in total. The Labute approximate surface area is 504 Å². The van der Waals surface area contributed by atoms with E-state index in [0.29, 0.717) is 47.6 Å². The van der Waals surface area contributed by atoms with E-state index in [1.54, 1.807) is 40.4 Å². The molecule has 10 heterocycles. The maximum atomic E-state index is 17.2. The third kappa shape index (κ3) is 10.5. The van der Waals surface area contributed by atoms with Gasteiger partial charge in [0.25, 0.3) is 0 Å². The van der Waals surface area contributed by atoms with E-state index in [0.717, 1.165) is 11.6 Å². The Bertz CT molecular complexity index is 4320. The van der Waals surface area contributed by atoms with Crippen LogP contribution in [0.5, 0.6) is 11.5 Å². The Morgan fingerprint density at radius 1 is 0.716 bits per heavy atom. The van der Waals surface area contributed by atoms with Crippen LogP contribution in [0.1, 0.15) is 102 Å². The number of hydrogen-bond donors (Lipinski definition) is 0. The highest BCUT2D eigenvalue weighted by molar-refractivity contribution is 5.94. The van der Waals surface area contributed by atoms with Gasteiger partial charge in [0.2, 0.25) is 11.8 Å². The lowest BCUT2D eigenvalue weighted by molar-refractivity contribution is -0.129. The summed E-state index contributed by atoms with van der Waals surface area (Å²) in [6, 6.07) is 13.9. The number of carbonyl (C=O) groups is 2. The lowest BCUT2D eigenvalue weighted by Gasteiger charge is -2.47. The fraction of sp³-hybridized carbons (Fsp3) is 0.364. The summed E-state index contributed by atoms with van der Waals surface area (Å²) >= 11 is 0. The first-order valence-electron chi connectivity index (χ1n) is 29.8. The third-order valence-electron chi connectivity index (χ3n) is 17.1. The first kappa shape index (κ1) is 59.0. The van der Waals surface area contributed by atoms with Crippen molar-refractivity contribution in [1.82, 2.24) is 48.8 Å². The molecule has 454 valence electrons. The number of piperazine rings is 2. The number of aryl methyl sites for hydroxylation is 2. The molecule has 1 unspecified atom stereocenters. The molecular weight excluding hydrogens is 1130 g/mol. The highest BCUT2D eigenvalue weighted by atomic mass is 19.1. The molecule has 0 radical (unpaired) electrons. The fourth-order valence-corrected chi connectivity index (χ4v) is 12.8. The molecule has 4 aliphatic heterocycles. The highest BCUT2D eigenvalue weighted by Gasteiger charge is 2.39. The molecule has 4 bridgehead atoms. The van der Waals surface area contributed by atoms with Gasteiger partial charge in [0.05, 0.1) is 56.8 Å². The number of hydrogen-bond acceptors (Lipinski definition) is 14. The summed E-state index contributed by atoms with van der Waals surface area (Å²) in [6.07, 6.45) is 8.44. The molecule has 22 heteroatoms. The molecule has 0 aliphatic carbocycles. The molecule has 2 fully saturated rings. The van der Waals surface area contributed by atoms with Crippen LogP contribution in [0.2, 0.25) is 0 Å². The van der Waals surface area contributed by atoms with E-state index in [9.17, 15) is 19.2 Å². The smallest absolute Gasteiger partial charge is 0.355 e. The number of benzene rings is 2. The maximum Gasteiger partial charge on any atom is 0.355 e. The number of amides is 2. The molecular formula is C66H66F4N12O6. The zero-order valence-electron chi connectivity index (χ0n) is 50.0. The van der Waals surface area contributed by atoms with Crippen LogP contribution in [0.4, 0.5) is 29.2 Å². The second kappa shape index (κ2) is 23.4. The van der Waals surface area contributed by atoms with Gasteiger partial charge >= 0.3 is 11.4 Å². The molecule has 18 nitrogen and oxygen atoms in total. The Hall–Kier alpha value is -9.34. The molecule has 12 rings (SSSR count). The summed E-state index contributed by atoms with van der Waals surface area (Å²) < 4.78 is 82.1. The molecule has 6 aromatic heterocycles. The zero-order valence-corrected chi connectivity index (χ0v) is 50.0. The predicted octanol–water partition coefficient (Wildman–Crippen LogP) is 10.1. The Morgan fingerprint density at radius 3 is 1.89 bits per heavy atom. The van der Waals surface area contributed by atoms with Crippen LogP contribution in [0.15, 0.2) is 107 Å².